The third-order valence-corrected chi connectivity index (χ3v) is 4.89. The lowest BCUT2D eigenvalue weighted by Crippen LogP contribution is -2.25. The van der Waals surface area contributed by atoms with Crippen LogP contribution in [0.15, 0.2) is 47.4 Å². The first kappa shape index (κ1) is 21.6. The summed E-state index contributed by atoms with van der Waals surface area (Å²) in [7, 11) is 0. The molecule has 0 aliphatic heterocycles. The van der Waals surface area contributed by atoms with E-state index in [1.165, 1.54) is 10.6 Å². The van der Waals surface area contributed by atoms with Crippen molar-refractivity contribution >= 4 is 6.29 Å². The highest BCUT2D eigenvalue weighted by Crippen LogP contribution is 2.23. The average molecular weight is 412 g/mol. The van der Waals surface area contributed by atoms with Crippen molar-refractivity contribution in [2.45, 2.75) is 46.4 Å². The van der Waals surface area contributed by atoms with E-state index >= 15 is 0 Å². The highest BCUT2D eigenvalue weighted by Gasteiger charge is 2.21. The molecule has 1 atom stereocenters. The van der Waals surface area contributed by atoms with Crippen molar-refractivity contribution in [1.82, 2.24) is 19.3 Å². The summed E-state index contributed by atoms with van der Waals surface area (Å²) in [5.41, 5.74) is 0.894. The quantitative estimate of drug-likeness (QED) is 0.504. The first-order valence-electron chi connectivity index (χ1n) is 9.87. The highest BCUT2D eigenvalue weighted by atomic mass is 19.1. The zero-order valence-corrected chi connectivity index (χ0v) is 17.3. The minimum Gasteiger partial charge on any atom is -0.369 e. The summed E-state index contributed by atoms with van der Waals surface area (Å²) in [6, 6.07) is 11.1. The molecule has 7 nitrogen and oxygen atoms in total. The topological polar surface area (TPSA) is 79.0 Å². The molecule has 0 spiro atoms. The van der Waals surface area contributed by atoms with Gasteiger partial charge >= 0.3 is 5.69 Å². The summed E-state index contributed by atoms with van der Waals surface area (Å²) in [5, 5.41) is 4.30. The average Bonchev–Trinajstić information content (AvgIpc) is 3.05. The number of hydrogen-bond acceptors (Lipinski definition) is 5. The van der Waals surface area contributed by atoms with Gasteiger partial charge in [0.05, 0.1) is 24.4 Å². The summed E-state index contributed by atoms with van der Waals surface area (Å²) in [6.07, 6.45) is 1.80. The number of ether oxygens (including phenoxy) is 1. The Morgan fingerprint density at radius 1 is 1.20 bits per heavy atom. The zero-order valence-electron chi connectivity index (χ0n) is 17.3. The van der Waals surface area contributed by atoms with E-state index in [2.05, 4.69) is 10.1 Å². The summed E-state index contributed by atoms with van der Waals surface area (Å²) in [4.78, 5) is 28.3. The molecule has 2 heterocycles. The van der Waals surface area contributed by atoms with Crippen LogP contribution < -0.4 is 5.69 Å². The summed E-state index contributed by atoms with van der Waals surface area (Å²) in [6.45, 7) is 6.41. The third-order valence-electron chi connectivity index (χ3n) is 4.89. The van der Waals surface area contributed by atoms with Crippen molar-refractivity contribution in [3.8, 4) is 5.69 Å². The molecule has 0 fully saturated rings. The second-order valence-corrected chi connectivity index (χ2v) is 7.30. The summed E-state index contributed by atoms with van der Waals surface area (Å²) >= 11 is 0. The Balaban J connectivity index is 1.91. The smallest absolute Gasteiger partial charge is 0.350 e. The first-order chi connectivity index (χ1) is 14.5. The molecule has 0 bridgehead atoms. The van der Waals surface area contributed by atoms with Crippen LogP contribution in [0.1, 0.15) is 43.8 Å². The monoisotopic (exact) mass is 412 g/mol. The molecule has 3 aromatic rings. The Labute approximate surface area is 174 Å². The van der Waals surface area contributed by atoms with Crippen LogP contribution >= 0.6 is 0 Å². The van der Waals surface area contributed by atoms with Crippen LogP contribution in [0.25, 0.3) is 5.69 Å². The van der Waals surface area contributed by atoms with Crippen LogP contribution in [-0.4, -0.2) is 25.6 Å². The molecule has 30 heavy (non-hydrogen) atoms. The van der Waals surface area contributed by atoms with Crippen molar-refractivity contribution in [1.29, 1.82) is 0 Å². The number of pyridine rings is 1. The highest BCUT2D eigenvalue weighted by molar-refractivity contribution is 5.62. The molecule has 2 aromatic heterocycles. The van der Waals surface area contributed by atoms with Crippen molar-refractivity contribution < 1.29 is 13.9 Å². The Kier molecular flexibility index (Phi) is 6.89. The molecule has 0 aliphatic carbocycles. The zero-order chi connectivity index (χ0) is 21.7. The van der Waals surface area contributed by atoms with Gasteiger partial charge in [-0.25, -0.2) is 9.18 Å². The maximum atomic E-state index is 14.5. The van der Waals surface area contributed by atoms with Gasteiger partial charge in [-0.15, -0.1) is 5.10 Å². The van der Waals surface area contributed by atoms with Crippen LogP contribution in [0.5, 0.6) is 0 Å². The van der Waals surface area contributed by atoms with Gasteiger partial charge in [-0.1, -0.05) is 44.2 Å². The molecule has 1 unspecified atom stereocenters. The van der Waals surface area contributed by atoms with Crippen LogP contribution in [0.2, 0.25) is 0 Å². The molecule has 0 N–H and O–H groups in total. The molecule has 0 amide bonds. The fourth-order valence-electron chi connectivity index (χ4n) is 3.21. The Hall–Kier alpha value is -3.13. The van der Waals surface area contributed by atoms with Gasteiger partial charge in [-0.05, 0) is 24.5 Å². The SMILES string of the molecule is CCn1c(COCc2ccccc2)nn(-c2cc(C(C=O)C(C)C)ncc2F)c1=O. The van der Waals surface area contributed by atoms with Gasteiger partial charge in [0.15, 0.2) is 11.6 Å². The molecule has 0 radical (unpaired) electrons. The molecule has 0 aliphatic rings. The molecule has 0 saturated heterocycles. The normalized spacial score (nSPS) is 12.3. The molecule has 158 valence electrons. The number of aromatic nitrogens is 4. The van der Waals surface area contributed by atoms with Crippen LogP contribution in [0.4, 0.5) is 4.39 Å². The number of aldehydes is 1. The van der Waals surface area contributed by atoms with E-state index < -0.39 is 17.4 Å². The lowest BCUT2D eigenvalue weighted by atomic mass is 9.93. The minimum atomic E-state index is -0.688. The second kappa shape index (κ2) is 9.58. The minimum absolute atomic E-state index is 0.0137. The van der Waals surface area contributed by atoms with Gasteiger partial charge in [-0.3, -0.25) is 9.55 Å². The molecule has 1 aromatic carbocycles. The lowest BCUT2D eigenvalue weighted by molar-refractivity contribution is -0.109. The Bertz CT molecular complexity index is 1060. The van der Waals surface area contributed by atoms with Crippen molar-refractivity contribution in [3.05, 3.63) is 76.0 Å². The molecular weight excluding hydrogens is 387 g/mol. The molecule has 0 saturated carbocycles. The maximum Gasteiger partial charge on any atom is 0.350 e. The number of carbonyl (C=O) groups excluding carboxylic acids is 1. The summed E-state index contributed by atoms with van der Waals surface area (Å²) in [5.74, 6) is -0.805. The number of hydrogen-bond donors (Lipinski definition) is 0. The first-order valence-corrected chi connectivity index (χ1v) is 9.87. The van der Waals surface area contributed by atoms with Gasteiger partial charge in [-0.2, -0.15) is 4.68 Å². The van der Waals surface area contributed by atoms with Gasteiger partial charge in [0.25, 0.3) is 0 Å². The van der Waals surface area contributed by atoms with Gasteiger partial charge < -0.3 is 9.53 Å². The number of benzene rings is 1. The number of carbonyl (C=O) groups is 1. The third kappa shape index (κ3) is 4.54. The lowest BCUT2D eigenvalue weighted by Gasteiger charge is -2.14. The van der Waals surface area contributed by atoms with E-state index in [1.54, 1.807) is 0 Å². The van der Waals surface area contributed by atoms with Crippen molar-refractivity contribution in [2.24, 2.45) is 5.92 Å². The predicted octanol–water partition coefficient (Wildman–Crippen LogP) is 3.24. The largest absolute Gasteiger partial charge is 0.369 e. The van der Waals surface area contributed by atoms with E-state index in [1.807, 2.05) is 51.1 Å². The van der Waals surface area contributed by atoms with E-state index in [0.29, 0.717) is 24.7 Å². The van der Waals surface area contributed by atoms with E-state index in [-0.39, 0.29) is 18.2 Å². The molecule has 8 heteroatoms. The number of nitrogens with zero attached hydrogens (tertiary/aromatic N) is 4. The van der Waals surface area contributed by atoms with E-state index in [0.717, 1.165) is 22.7 Å². The van der Waals surface area contributed by atoms with E-state index in [4.69, 9.17) is 4.74 Å². The van der Waals surface area contributed by atoms with Gasteiger partial charge in [0.1, 0.15) is 18.6 Å². The fourth-order valence-corrected chi connectivity index (χ4v) is 3.21. The standard InChI is InChI=1S/C22H25FN4O3/c1-4-26-21(14-30-13-16-8-6-5-7-9-16)25-27(22(26)29)20-10-19(24-11-18(20)23)17(12-28)15(2)3/h5-12,15,17H,4,13-14H2,1-3H3. The van der Waals surface area contributed by atoms with Crippen LogP contribution in [0.3, 0.4) is 0 Å². The predicted molar refractivity (Wildman–Crippen MR) is 110 cm³/mol. The second-order valence-electron chi connectivity index (χ2n) is 7.30. The fraction of sp³-hybridized carbons (Fsp3) is 0.364. The van der Waals surface area contributed by atoms with E-state index in [9.17, 15) is 14.0 Å². The molecular formula is C22H25FN4O3. The number of halogens is 1. The van der Waals surface area contributed by atoms with Crippen LogP contribution in [0, 0.1) is 11.7 Å². The van der Waals surface area contributed by atoms with Crippen LogP contribution in [-0.2, 0) is 29.3 Å². The Morgan fingerprint density at radius 2 is 1.93 bits per heavy atom. The van der Waals surface area contributed by atoms with Crippen molar-refractivity contribution in [3.63, 3.8) is 0 Å². The Morgan fingerprint density at radius 3 is 2.57 bits per heavy atom. The van der Waals surface area contributed by atoms with Crippen molar-refractivity contribution in [2.75, 3.05) is 0 Å². The maximum absolute atomic E-state index is 14.5. The molecule has 3 rings (SSSR count). The summed E-state index contributed by atoms with van der Waals surface area (Å²) < 4.78 is 22.7. The number of rotatable bonds is 9. The van der Waals surface area contributed by atoms with Gasteiger partial charge in [0, 0.05) is 6.54 Å². The van der Waals surface area contributed by atoms with Gasteiger partial charge in [0.2, 0.25) is 0 Å².